The van der Waals surface area contributed by atoms with E-state index in [4.69, 9.17) is 0 Å². The lowest BCUT2D eigenvalue weighted by Crippen LogP contribution is -2.61. The highest BCUT2D eigenvalue weighted by Crippen LogP contribution is 2.49. The van der Waals surface area contributed by atoms with E-state index >= 15 is 0 Å². The van der Waals surface area contributed by atoms with Crippen molar-refractivity contribution in [2.45, 2.75) is 63.2 Å². The van der Waals surface area contributed by atoms with Gasteiger partial charge in [0, 0.05) is 17.8 Å². The summed E-state index contributed by atoms with van der Waals surface area (Å²) in [5, 5.41) is 9.27. The molecule has 0 heterocycles. The molecule has 2 saturated carbocycles. The van der Waals surface area contributed by atoms with Gasteiger partial charge in [-0.15, -0.1) is 0 Å². The van der Waals surface area contributed by atoms with E-state index in [0.29, 0.717) is 0 Å². The highest BCUT2D eigenvalue weighted by Gasteiger charge is 2.60. The largest absolute Gasteiger partial charge is 0.387 e. The molecule has 12 atom stereocenters. The SMILES string of the molecule is CC1C(F)C(F)C(F)C(C2C(C)C(F)C(O)C(F)C2F)C1F. The molecule has 12 unspecified atom stereocenters. The van der Waals surface area contributed by atoms with Crippen LogP contribution in [0.5, 0.6) is 0 Å². The number of hydrogen-bond donors (Lipinski definition) is 1. The maximum absolute atomic E-state index is 14.3. The number of aliphatic hydroxyl groups excluding tert-OH is 1. The van der Waals surface area contributed by atoms with Gasteiger partial charge < -0.3 is 5.11 Å². The van der Waals surface area contributed by atoms with Crippen LogP contribution in [0.1, 0.15) is 13.8 Å². The normalized spacial score (nSPS) is 60.3. The molecule has 0 aromatic heterocycles. The first-order chi connectivity index (χ1) is 10.1. The molecule has 0 aromatic carbocycles. The molecule has 0 amide bonds. The molecule has 0 bridgehead atoms. The van der Waals surface area contributed by atoms with E-state index < -0.39 is 73.0 Å². The zero-order valence-corrected chi connectivity index (χ0v) is 12.0. The molecule has 2 rings (SSSR count). The van der Waals surface area contributed by atoms with Crippen LogP contribution in [0.3, 0.4) is 0 Å². The molecule has 0 spiro atoms. The van der Waals surface area contributed by atoms with E-state index in [2.05, 4.69) is 0 Å². The second-order valence-corrected chi connectivity index (χ2v) is 6.47. The van der Waals surface area contributed by atoms with Gasteiger partial charge in [-0.2, -0.15) is 0 Å². The molecule has 0 radical (unpaired) electrons. The van der Waals surface area contributed by atoms with Gasteiger partial charge in [-0.25, -0.2) is 30.7 Å². The second kappa shape index (κ2) is 6.17. The first kappa shape index (κ1) is 17.8. The van der Waals surface area contributed by atoms with Crippen molar-refractivity contribution < 1.29 is 35.8 Å². The fourth-order valence-corrected chi connectivity index (χ4v) is 3.76. The maximum Gasteiger partial charge on any atom is 0.163 e. The number of hydrogen-bond acceptors (Lipinski definition) is 1. The lowest BCUT2D eigenvalue weighted by atomic mass is 9.62. The van der Waals surface area contributed by atoms with Gasteiger partial charge in [-0.3, -0.25) is 0 Å². The topological polar surface area (TPSA) is 20.2 Å². The molecule has 0 aliphatic heterocycles. The minimum Gasteiger partial charge on any atom is -0.387 e. The van der Waals surface area contributed by atoms with Crippen LogP contribution >= 0.6 is 0 Å². The summed E-state index contributed by atoms with van der Waals surface area (Å²) in [6.07, 6.45) is -19.7. The van der Waals surface area contributed by atoms with E-state index in [0.717, 1.165) is 13.8 Å². The fourth-order valence-electron chi connectivity index (χ4n) is 3.76. The van der Waals surface area contributed by atoms with E-state index in [-0.39, 0.29) is 0 Å². The summed E-state index contributed by atoms with van der Waals surface area (Å²) in [4.78, 5) is 0. The zero-order chi connectivity index (χ0) is 16.9. The molecule has 0 aromatic rings. The van der Waals surface area contributed by atoms with Gasteiger partial charge in [0.2, 0.25) is 0 Å². The molecule has 8 heteroatoms. The lowest BCUT2D eigenvalue weighted by molar-refractivity contribution is -0.164. The Balaban J connectivity index is 2.35. The Kier molecular flexibility index (Phi) is 5.00. The van der Waals surface area contributed by atoms with Crippen molar-refractivity contribution in [3.63, 3.8) is 0 Å². The van der Waals surface area contributed by atoms with Crippen LogP contribution in [-0.4, -0.2) is 54.4 Å². The predicted molar refractivity (Wildman–Crippen MR) is 65.6 cm³/mol. The van der Waals surface area contributed by atoms with E-state index in [1.54, 1.807) is 0 Å². The van der Waals surface area contributed by atoms with Gasteiger partial charge in [0.25, 0.3) is 0 Å². The Morgan fingerprint density at radius 1 is 0.500 bits per heavy atom. The Bertz CT molecular complexity index is 329. The highest BCUT2D eigenvalue weighted by molar-refractivity contribution is 5.07. The van der Waals surface area contributed by atoms with Crippen LogP contribution in [0.15, 0.2) is 0 Å². The molecule has 1 N–H and O–H groups in total. The van der Waals surface area contributed by atoms with Gasteiger partial charge in [0.05, 0.1) is 0 Å². The first-order valence-electron chi connectivity index (χ1n) is 7.27. The third-order valence-electron chi connectivity index (χ3n) is 5.23. The maximum atomic E-state index is 14.3. The van der Waals surface area contributed by atoms with Crippen LogP contribution in [0.2, 0.25) is 0 Å². The summed E-state index contributed by atoms with van der Waals surface area (Å²) in [7, 11) is 0. The minimum absolute atomic E-state index is 1.01. The average Bonchev–Trinajstić information content (AvgIpc) is 2.50. The quantitative estimate of drug-likeness (QED) is 0.729. The Morgan fingerprint density at radius 3 is 1.55 bits per heavy atom. The van der Waals surface area contributed by atoms with Crippen LogP contribution < -0.4 is 0 Å². The van der Waals surface area contributed by atoms with Crippen LogP contribution in [0.4, 0.5) is 30.7 Å². The summed E-state index contributed by atoms with van der Waals surface area (Å²) >= 11 is 0. The third kappa shape index (κ3) is 2.51. The fraction of sp³-hybridized carbons (Fsp3) is 1.00. The molecular formula is C14H19F7O. The van der Waals surface area contributed by atoms with Gasteiger partial charge >= 0.3 is 0 Å². The van der Waals surface area contributed by atoms with Crippen molar-refractivity contribution in [1.29, 1.82) is 0 Å². The molecule has 1 nitrogen and oxygen atoms in total. The molecule has 22 heavy (non-hydrogen) atoms. The monoisotopic (exact) mass is 336 g/mol. The van der Waals surface area contributed by atoms with Crippen LogP contribution in [0, 0.1) is 23.7 Å². The number of rotatable bonds is 1. The smallest absolute Gasteiger partial charge is 0.163 e. The molecule has 2 aliphatic carbocycles. The summed E-state index contributed by atoms with van der Waals surface area (Å²) in [5.74, 6) is -6.78. The first-order valence-corrected chi connectivity index (χ1v) is 7.27. The van der Waals surface area contributed by atoms with Crippen molar-refractivity contribution in [3.8, 4) is 0 Å². The van der Waals surface area contributed by atoms with Crippen molar-refractivity contribution in [2.24, 2.45) is 23.7 Å². The summed E-state index contributed by atoms with van der Waals surface area (Å²) in [5.41, 5.74) is 0. The standard InChI is InChI=1S/C14H19F7O/c1-3-5(10(18)13(21)14(22)9(3)17)6-7(15)4(2)8(16)12(20)11(6)19/h3-14,22H,1-2H3. The predicted octanol–water partition coefficient (Wildman–Crippen LogP) is 3.25. The van der Waals surface area contributed by atoms with E-state index in [9.17, 15) is 35.8 Å². The zero-order valence-electron chi connectivity index (χ0n) is 12.0. The molecule has 2 aliphatic rings. The summed E-state index contributed by atoms with van der Waals surface area (Å²) < 4.78 is 97.1. The molecule has 130 valence electrons. The van der Waals surface area contributed by atoms with Crippen molar-refractivity contribution in [1.82, 2.24) is 0 Å². The molecule has 0 saturated heterocycles. The number of halogens is 7. The summed E-state index contributed by atoms with van der Waals surface area (Å²) in [6.45, 7) is 2.09. The lowest BCUT2D eigenvalue weighted by Gasteiger charge is -2.48. The second-order valence-electron chi connectivity index (χ2n) is 6.47. The van der Waals surface area contributed by atoms with Crippen LogP contribution in [-0.2, 0) is 0 Å². The van der Waals surface area contributed by atoms with E-state index in [1.165, 1.54) is 0 Å². The Hall–Kier alpha value is -0.530. The van der Waals surface area contributed by atoms with Crippen LogP contribution in [0.25, 0.3) is 0 Å². The van der Waals surface area contributed by atoms with Gasteiger partial charge in [-0.05, 0) is 5.92 Å². The molecular weight excluding hydrogens is 317 g/mol. The number of aliphatic hydroxyl groups is 1. The average molecular weight is 336 g/mol. The van der Waals surface area contributed by atoms with Gasteiger partial charge in [0.15, 0.2) is 12.3 Å². The molecule has 2 fully saturated rings. The minimum atomic E-state index is -2.69. The highest BCUT2D eigenvalue weighted by atomic mass is 19.2. The Labute approximate surface area is 123 Å². The van der Waals surface area contributed by atoms with Gasteiger partial charge in [0.1, 0.15) is 37.0 Å². The Morgan fingerprint density at radius 2 is 1.00 bits per heavy atom. The number of alkyl halides is 7. The van der Waals surface area contributed by atoms with Gasteiger partial charge in [-0.1, -0.05) is 13.8 Å². The van der Waals surface area contributed by atoms with Crippen molar-refractivity contribution in [2.75, 3.05) is 0 Å². The van der Waals surface area contributed by atoms with Crippen molar-refractivity contribution in [3.05, 3.63) is 0 Å². The van der Waals surface area contributed by atoms with Crippen molar-refractivity contribution >= 4 is 0 Å². The van der Waals surface area contributed by atoms with E-state index in [1.807, 2.05) is 0 Å². The third-order valence-corrected chi connectivity index (χ3v) is 5.23. The summed E-state index contributed by atoms with van der Waals surface area (Å²) in [6, 6.07) is 0.